The van der Waals surface area contributed by atoms with Gasteiger partial charge in [-0.15, -0.1) is 0 Å². The molecule has 1 heterocycles. The van der Waals surface area contributed by atoms with Gasteiger partial charge in [0, 0.05) is 37.1 Å². The molecule has 0 fully saturated rings. The molecule has 0 aliphatic rings. The lowest BCUT2D eigenvalue weighted by Gasteiger charge is -2.09. The monoisotopic (exact) mass is 601 g/mol. The average molecular weight is 603 g/mol. The number of rotatable bonds is 7. The van der Waals surface area contributed by atoms with Gasteiger partial charge in [0.2, 0.25) is 0 Å². The second kappa shape index (κ2) is 11.6. The molecule has 0 aliphatic heterocycles. The van der Waals surface area contributed by atoms with E-state index in [0.717, 1.165) is 20.9 Å². The third-order valence-electron chi connectivity index (χ3n) is 5.95. The van der Waals surface area contributed by atoms with Crippen molar-refractivity contribution in [3.8, 4) is 22.6 Å². The summed E-state index contributed by atoms with van der Waals surface area (Å²) in [5, 5.41) is 5.53. The van der Waals surface area contributed by atoms with Gasteiger partial charge in [0.25, 0.3) is 5.91 Å². The number of aromatic nitrogens is 1. The van der Waals surface area contributed by atoms with Crippen LogP contribution in [0, 0.1) is 0 Å². The summed E-state index contributed by atoms with van der Waals surface area (Å²) in [5.74, 6) is -0.0870. The summed E-state index contributed by atoms with van der Waals surface area (Å²) in [6.07, 6.45) is 1.41. The number of benzene rings is 4. The van der Waals surface area contributed by atoms with Crippen molar-refractivity contribution < 1.29 is 19.1 Å². The Kier molecular flexibility index (Phi) is 7.76. The predicted octanol–water partition coefficient (Wildman–Crippen LogP) is 7.24. The molecule has 0 unspecified atom stereocenters. The molecule has 9 heteroatoms. The van der Waals surface area contributed by atoms with Gasteiger partial charge in [-0.1, -0.05) is 63.9 Å². The number of amides is 1. The second-order valence-corrected chi connectivity index (χ2v) is 9.72. The van der Waals surface area contributed by atoms with E-state index in [0.29, 0.717) is 33.2 Å². The molecule has 0 aliphatic carbocycles. The zero-order valence-corrected chi connectivity index (χ0v) is 22.9. The van der Waals surface area contributed by atoms with E-state index in [1.807, 2.05) is 42.5 Å². The highest BCUT2D eigenvalue weighted by atomic mass is 79.9. The van der Waals surface area contributed by atoms with Crippen molar-refractivity contribution in [2.75, 3.05) is 7.11 Å². The van der Waals surface area contributed by atoms with Gasteiger partial charge < -0.3 is 14.5 Å². The molecule has 2 N–H and O–H groups in total. The van der Waals surface area contributed by atoms with Gasteiger partial charge in [-0.05, 0) is 54.6 Å². The summed E-state index contributed by atoms with van der Waals surface area (Å²) in [4.78, 5) is 29.2. The van der Waals surface area contributed by atoms with E-state index in [2.05, 4.69) is 31.4 Å². The first-order valence-corrected chi connectivity index (χ1v) is 13.0. The van der Waals surface area contributed by atoms with Crippen LogP contribution in [0.1, 0.15) is 26.4 Å². The Hall–Kier alpha value is -4.40. The van der Waals surface area contributed by atoms with Crippen LogP contribution in [0.25, 0.3) is 22.0 Å². The van der Waals surface area contributed by atoms with Crippen molar-refractivity contribution in [2.45, 2.75) is 0 Å². The summed E-state index contributed by atoms with van der Waals surface area (Å²) in [6, 6.07) is 26.6. The Morgan fingerprint density at radius 2 is 1.72 bits per heavy atom. The van der Waals surface area contributed by atoms with Gasteiger partial charge in [0.05, 0.1) is 18.9 Å². The fourth-order valence-electron chi connectivity index (χ4n) is 4.07. The van der Waals surface area contributed by atoms with Gasteiger partial charge in [-0.2, -0.15) is 5.10 Å². The Bertz CT molecular complexity index is 1710. The molecule has 1 amide bonds. The number of hydrazone groups is 1. The molecule has 0 atom stereocenters. The number of methoxy groups -OCH3 is 1. The van der Waals surface area contributed by atoms with Gasteiger partial charge in [-0.3, -0.25) is 4.79 Å². The van der Waals surface area contributed by atoms with E-state index < -0.39 is 11.9 Å². The number of nitrogens with one attached hydrogen (secondary N) is 2. The average Bonchev–Trinajstić information content (AvgIpc) is 3.34. The van der Waals surface area contributed by atoms with Crippen LogP contribution >= 0.6 is 27.5 Å². The number of carbonyl (C=O) groups is 2. The lowest BCUT2D eigenvalue weighted by atomic mass is 10.0. The Balaban J connectivity index is 1.40. The number of nitrogens with zero attached hydrogens (tertiary/aromatic N) is 1. The van der Waals surface area contributed by atoms with E-state index >= 15 is 0 Å². The number of hydrogen-bond donors (Lipinski definition) is 2. The molecule has 0 saturated heterocycles. The zero-order valence-electron chi connectivity index (χ0n) is 20.6. The molecule has 0 spiro atoms. The van der Waals surface area contributed by atoms with Crippen molar-refractivity contribution in [1.29, 1.82) is 0 Å². The highest BCUT2D eigenvalue weighted by Crippen LogP contribution is 2.36. The molecular weight excluding hydrogens is 582 g/mol. The lowest BCUT2D eigenvalue weighted by molar-refractivity contribution is 0.0734. The number of esters is 1. The van der Waals surface area contributed by atoms with E-state index in [-0.39, 0.29) is 5.75 Å². The first kappa shape index (κ1) is 26.2. The molecule has 7 nitrogen and oxygen atoms in total. The smallest absolute Gasteiger partial charge is 0.343 e. The molecule has 5 rings (SSSR count). The van der Waals surface area contributed by atoms with E-state index in [1.165, 1.54) is 6.21 Å². The largest absolute Gasteiger partial charge is 0.497 e. The summed E-state index contributed by atoms with van der Waals surface area (Å²) >= 11 is 9.90. The van der Waals surface area contributed by atoms with Crippen molar-refractivity contribution in [2.24, 2.45) is 5.10 Å². The fourth-order valence-corrected chi connectivity index (χ4v) is 4.68. The quantitative estimate of drug-likeness (QED) is 0.0889. The number of carbonyl (C=O) groups excluding carboxylic acids is 2. The van der Waals surface area contributed by atoms with Crippen molar-refractivity contribution in [3.05, 3.63) is 117 Å². The standard InChI is InChI=1S/C30H21BrClN3O4/c1-38-21-13-10-18(11-14-21)30(37)39-26-15-12-20(31)16-19(26)17-33-35-29(36)28-27(22-6-2-4-8-24(22)32)23-7-3-5-9-25(23)34-28/h2-17,34H,1H3,(H,35,36). The van der Waals surface area contributed by atoms with Crippen LogP contribution in [0.5, 0.6) is 11.5 Å². The number of hydrogen-bond acceptors (Lipinski definition) is 5. The Labute approximate surface area is 237 Å². The topological polar surface area (TPSA) is 92.8 Å². The third-order valence-corrected chi connectivity index (χ3v) is 6.77. The summed E-state index contributed by atoms with van der Waals surface area (Å²) < 4.78 is 11.5. The number of ether oxygens (including phenoxy) is 2. The molecule has 0 radical (unpaired) electrons. The SMILES string of the molecule is COc1ccc(C(=O)Oc2ccc(Br)cc2C=NNC(=O)c2[nH]c3ccccc3c2-c2ccccc2Cl)cc1. The fraction of sp³-hybridized carbons (Fsp3) is 0.0333. The molecule has 194 valence electrons. The van der Waals surface area contributed by atoms with Crippen molar-refractivity contribution in [1.82, 2.24) is 10.4 Å². The molecule has 1 aromatic heterocycles. The molecule has 4 aromatic carbocycles. The van der Waals surface area contributed by atoms with E-state index in [4.69, 9.17) is 21.1 Å². The van der Waals surface area contributed by atoms with Crippen molar-refractivity contribution in [3.63, 3.8) is 0 Å². The second-order valence-electron chi connectivity index (χ2n) is 8.40. The Morgan fingerprint density at radius 1 is 0.974 bits per heavy atom. The van der Waals surface area contributed by atoms with Gasteiger partial charge in [0.1, 0.15) is 17.2 Å². The molecule has 0 bridgehead atoms. The highest BCUT2D eigenvalue weighted by molar-refractivity contribution is 9.10. The molecule has 39 heavy (non-hydrogen) atoms. The maximum absolute atomic E-state index is 13.3. The first-order valence-electron chi connectivity index (χ1n) is 11.8. The number of aromatic amines is 1. The molecular formula is C30H21BrClN3O4. The predicted molar refractivity (Wildman–Crippen MR) is 156 cm³/mol. The van der Waals surface area contributed by atoms with Crippen molar-refractivity contribution >= 4 is 56.5 Å². The van der Waals surface area contributed by atoms with Crippen LogP contribution in [0.2, 0.25) is 5.02 Å². The van der Waals surface area contributed by atoms with E-state index in [9.17, 15) is 9.59 Å². The number of fused-ring (bicyclic) bond motifs is 1. The minimum absolute atomic E-state index is 0.277. The number of halogens is 2. The van der Waals surface area contributed by atoms with E-state index in [1.54, 1.807) is 55.6 Å². The van der Waals surface area contributed by atoms with Crippen LogP contribution in [0.4, 0.5) is 0 Å². The minimum Gasteiger partial charge on any atom is -0.497 e. The lowest BCUT2D eigenvalue weighted by Crippen LogP contribution is -2.19. The molecule has 0 saturated carbocycles. The molecule has 5 aromatic rings. The highest BCUT2D eigenvalue weighted by Gasteiger charge is 2.20. The maximum atomic E-state index is 13.3. The normalized spacial score (nSPS) is 11.1. The van der Waals surface area contributed by atoms with Gasteiger partial charge in [-0.25, -0.2) is 10.2 Å². The minimum atomic E-state index is -0.541. The van der Waals surface area contributed by atoms with Crippen LogP contribution in [-0.2, 0) is 0 Å². The summed E-state index contributed by atoms with van der Waals surface area (Å²) in [7, 11) is 1.55. The third kappa shape index (κ3) is 5.72. The zero-order chi connectivity index (χ0) is 27.4. The van der Waals surface area contributed by atoms with Gasteiger partial charge >= 0.3 is 5.97 Å². The number of H-pyrrole nitrogens is 1. The summed E-state index contributed by atoms with van der Waals surface area (Å²) in [6.45, 7) is 0. The van der Waals surface area contributed by atoms with Crippen LogP contribution in [-0.4, -0.2) is 30.2 Å². The summed E-state index contributed by atoms with van der Waals surface area (Å²) in [5.41, 5.74) is 5.93. The van der Waals surface area contributed by atoms with Gasteiger partial charge in [0.15, 0.2) is 0 Å². The van der Waals surface area contributed by atoms with Crippen LogP contribution in [0.3, 0.4) is 0 Å². The first-order chi connectivity index (χ1) is 18.9. The van der Waals surface area contributed by atoms with Crippen LogP contribution < -0.4 is 14.9 Å². The maximum Gasteiger partial charge on any atom is 0.343 e. The number of para-hydroxylation sites is 1. The van der Waals surface area contributed by atoms with Crippen LogP contribution in [0.15, 0.2) is 101 Å². The Morgan fingerprint density at radius 3 is 2.49 bits per heavy atom.